The second-order valence-corrected chi connectivity index (χ2v) is 6.99. The highest BCUT2D eigenvalue weighted by atomic mass is 32.1. The normalized spacial score (nSPS) is 15.4. The molecule has 0 unspecified atom stereocenters. The zero-order valence-corrected chi connectivity index (χ0v) is 15.1. The van der Waals surface area contributed by atoms with Gasteiger partial charge in [-0.05, 0) is 32.0 Å². The van der Waals surface area contributed by atoms with Gasteiger partial charge < -0.3 is 4.90 Å². The first-order chi connectivity index (χ1) is 11.6. The maximum absolute atomic E-state index is 12.7. The lowest BCUT2D eigenvalue weighted by Gasteiger charge is -2.31. The van der Waals surface area contributed by atoms with Gasteiger partial charge in [0.1, 0.15) is 6.54 Å². The van der Waals surface area contributed by atoms with Crippen LogP contribution in [-0.2, 0) is 11.3 Å². The highest BCUT2D eigenvalue weighted by molar-refractivity contribution is 7.71. The number of nitrogens with zero attached hydrogens (tertiary/aromatic N) is 3. The van der Waals surface area contributed by atoms with Crippen molar-refractivity contribution in [3.05, 3.63) is 34.6 Å². The van der Waals surface area contributed by atoms with E-state index in [4.69, 9.17) is 12.2 Å². The SMILES string of the molecule is Cc1ccc(-c2n[nH]c(=S)n2CC(=O)N(C)C2CCCCC2)cc1. The fourth-order valence-electron chi connectivity index (χ4n) is 3.31. The number of nitrogens with one attached hydrogen (secondary N) is 1. The van der Waals surface area contributed by atoms with Crippen molar-refractivity contribution in [3.63, 3.8) is 0 Å². The predicted octanol–water partition coefficient (Wildman–Crippen LogP) is 3.71. The summed E-state index contributed by atoms with van der Waals surface area (Å²) in [5, 5.41) is 7.13. The summed E-state index contributed by atoms with van der Waals surface area (Å²) < 4.78 is 2.28. The highest BCUT2D eigenvalue weighted by Crippen LogP contribution is 2.23. The largest absolute Gasteiger partial charge is 0.341 e. The summed E-state index contributed by atoms with van der Waals surface area (Å²) in [4.78, 5) is 14.6. The standard InChI is InChI=1S/C18H24N4OS/c1-13-8-10-14(11-9-13)17-19-20-18(24)22(17)12-16(23)21(2)15-6-4-3-5-7-15/h8-11,15H,3-7,12H2,1-2H3,(H,20,24). The molecule has 0 bridgehead atoms. The smallest absolute Gasteiger partial charge is 0.242 e. The topological polar surface area (TPSA) is 53.9 Å². The van der Waals surface area contributed by atoms with Crippen molar-refractivity contribution in [2.45, 2.75) is 51.6 Å². The molecule has 2 aromatic rings. The Morgan fingerprint density at radius 1 is 1.29 bits per heavy atom. The molecule has 0 spiro atoms. The number of aromatic amines is 1. The van der Waals surface area contributed by atoms with Crippen molar-refractivity contribution >= 4 is 18.1 Å². The van der Waals surface area contributed by atoms with E-state index < -0.39 is 0 Å². The second kappa shape index (κ2) is 7.30. The van der Waals surface area contributed by atoms with E-state index in [9.17, 15) is 4.79 Å². The molecule has 1 amide bonds. The number of carbonyl (C=O) groups excluding carboxylic acids is 1. The number of aryl methyl sites for hydroxylation is 1. The van der Waals surface area contributed by atoms with Crippen LogP contribution in [0.4, 0.5) is 0 Å². The zero-order valence-electron chi connectivity index (χ0n) is 14.3. The van der Waals surface area contributed by atoms with Crippen molar-refractivity contribution in [2.75, 3.05) is 7.05 Å². The number of hydrogen-bond acceptors (Lipinski definition) is 3. The van der Waals surface area contributed by atoms with E-state index in [1.54, 1.807) is 4.57 Å². The fraction of sp³-hybridized carbons (Fsp3) is 0.500. The molecule has 3 rings (SSSR count). The van der Waals surface area contributed by atoms with E-state index in [1.807, 2.05) is 43.1 Å². The molecule has 1 aromatic carbocycles. The lowest BCUT2D eigenvalue weighted by atomic mass is 9.94. The molecule has 1 N–H and O–H groups in total. The summed E-state index contributed by atoms with van der Waals surface area (Å²) in [7, 11) is 1.91. The van der Waals surface area contributed by atoms with Crippen LogP contribution < -0.4 is 0 Å². The molecular weight excluding hydrogens is 320 g/mol. The molecule has 128 valence electrons. The Balaban J connectivity index is 1.79. The Kier molecular flexibility index (Phi) is 5.14. The van der Waals surface area contributed by atoms with Gasteiger partial charge in [0.25, 0.3) is 0 Å². The number of rotatable bonds is 4. The first-order valence-electron chi connectivity index (χ1n) is 8.54. The monoisotopic (exact) mass is 344 g/mol. The van der Waals surface area contributed by atoms with Gasteiger partial charge in [-0.1, -0.05) is 49.1 Å². The second-order valence-electron chi connectivity index (χ2n) is 6.60. The molecular formula is C18H24N4OS. The average molecular weight is 344 g/mol. The molecule has 1 fully saturated rings. The summed E-state index contributed by atoms with van der Waals surface area (Å²) in [5.41, 5.74) is 2.15. The molecule has 6 heteroatoms. The van der Waals surface area contributed by atoms with Crippen molar-refractivity contribution in [1.82, 2.24) is 19.7 Å². The molecule has 1 aromatic heterocycles. The van der Waals surface area contributed by atoms with Crippen LogP contribution in [0.1, 0.15) is 37.7 Å². The van der Waals surface area contributed by atoms with E-state index in [0.717, 1.165) is 18.4 Å². The molecule has 1 aliphatic carbocycles. The molecule has 1 saturated carbocycles. The number of amides is 1. The van der Waals surface area contributed by atoms with Crippen LogP contribution >= 0.6 is 12.2 Å². The summed E-state index contributed by atoms with van der Waals surface area (Å²) in [6.45, 7) is 2.27. The third-order valence-electron chi connectivity index (χ3n) is 4.88. The van der Waals surface area contributed by atoms with Gasteiger partial charge >= 0.3 is 0 Å². The van der Waals surface area contributed by atoms with Crippen molar-refractivity contribution in [2.24, 2.45) is 0 Å². The fourth-order valence-corrected chi connectivity index (χ4v) is 3.50. The van der Waals surface area contributed by atoms with Gasteiger partial charge in [0.2, 0.25) is 5.91 Å². The molecule has 24 heavy (non-hydrogen) atoms. The molecule has 0 saturated heterocycles. The van der Waals surface area contributed by atoms with Crippen LogP contribution in [0.15, 0.2) is 24.3 Å². The number of benzene rings is 1. The van der Waals surface area contributed by atoms with Crippen molar-refractivity contribution < 1.29 is 4.79 Å². The molecule has 0 aliphatic heterocycles. The van der Waals surface area contributed by atoms with Crippen LogP contribution in [-0.4, -0.2) is 38.7 Å². The number of H-pyrrole nitrogens is 1. The van der Waals surface area contributed by atoms with Gasteiger partial charge in [0, 0.05) is 18.7 Å². The zero-order chi connectivity index (χ0) is 17.1. The molecule has 0 radical (unpaired) electrons. The van der Waals surface area contributed by atoms with Crippen LogP contribution in [0, 0.1) is 11.7 Å². The van der Waals surface area contributed by atoms with Gasteiger partial charge in [0.05, 0.1) is 0 Å². The summed E-state index contributed by atoms with van der Waals surface area (Å²) in [6, 6.07) is 8.44. The third kappa shape index (κ3) is 3.59. The Morgan fingerprint density at radius 2 is 1.96 bits per heavy atom. The Morgan fingerprint density at radius 3 is 2.62 bits per heavy atom. The van der Waals surface area contributed by atoms with Gasteiger partial charge in [0.15, 0.2) is 10.6 Å². The van der Waals surface area contributed by atoms with Gasteiger partial charge in [-0.3, -0.25) is 14.5 Å². The minimum Gasteiger partial charge on any atom is -0.341 e. The summed E-state index contributed by atoms with van der Waals surface area (Å²) >= 11 is 5.33. The number of likely N-dealkylation sites (N-methyl/N-ethyl adjacent to an activating group) is 1. The van der Waals surface area contributed by atoms with Gasteiger partial charge in [-0.25, -0.2) is 0 Å². The first kappa shape index (κ1) is 16.9. The predicted molar refractivity (Wildman–Crippen MR) is 97.2 cm³/mol. The first-order valence-corrected chi connectivity index (χ1v) is 8.95. The van der Waals surface area contributed by atoms with Gasteiger partial charge in [-0.15, -0.1) is 0 Å². The number of carbonyl (C=O) groups is 1. The molecule has 1 aliphatic rings. The summed E-state index contributed by atoms with van der Waals surface area (Å²) in [6.07, 6.45) is 5.90. The molecule has 0 atom stereocenters. The minimum atomic E-state index is 0.0905. The third-order valence-corrected chi connectivity index (χ3v) is 5.19. The van der Waals surface area contributed by atoms with Crippen LogP contribution in [0.25, 0.3) is 11.4 Å². The molecule has 1 heterocycles. The minimum absolute atomic E-state index is 0.0905. The van der Waals surface area contributed by atoms with Crippen LogP contribution in [0.2, 0.25) is 0 Å². The van der Waals surface area contributed by atoms with E-state index >= 15 is 0 Å². The number of aromatic nitrogens is 3. The highest BCUT2D eigenvalue weighted by Gasteiger charge is 2.23. The number of hydrogen-bond donors (Lipinski definition) is 1. The van der Waals surface area contributed by atoms with Crippen LogP contribution in [0.3, 0.4) is 0 Å². The Hall–Kier alpha value is -1.95. The summed E-state index contributed by atoms with van der Waals surface area (Å²) in [5.74, 6) is 0.804. The van der Waals surface area contributed by atoms with Crippen molar-refractivity contribution in [1.29, 1.82) is 0 Å². The maximum Gasteiger partial charge on any atom is 0.242 e. The molecule has 5 nitrogen and oxygen atoms in total. The van der Waals surface area contributed by atoms with E-state index in [1.165, 1.54) is 24.8 Å². The Labute approximate surface area is 147 Å². The van der Waals surface area contributed by atoms with E-state index in [2.05, 4.69) is 10.2 Å². The quantitative estimate of drug-likeness (QED) is 0.860. The maximum atomic E-state index is 12.7. The van der Waals surface area contributed by atoms with E-state index in [-0.39, 0.29) is 12.5 Å². The lowest BCUT2D eigenvalue weighted by molar-refractivity contribution is -0.133. The van der Waals surface area contributed by atoms with Crippen LogP contribution in [0.5, 0.6) is 0 Å². The average Bonchev–Trinajstić information content (AvgIpc) is 2.96. The Bertz CT molecular complexity index is 756. The van der Waals surface area contributed by atoms with E-state index in [0.29, 0.717) is 16.6 Å². The van der Waals surface area contributed by atoms with Crippen molar-refractivity contribution in [3.8, 4) is 11.4 Å². The van der Waals surface area contributed by atoms with Gasteiger partial charge in [-0.2, -0.15) is 5.10 Å². The lowest BCUT2D eigenvalue weighted by Crippen LogP contribution is -2.40.